The largest absolute Gasteiger partial charge is 0.472 e. The molecular weight excluding hydrogens is 421 g/mol. The lowest BCUT2D eigenvalue weighted by Crippen LogP contribution is -2.42. The summed E-state index contributed by atoms with van der Waals surface area (Å²) in [6.45, 7) is 6.20. The van der Waals surface area contributed by atoms with Crippen molar-refractivity contribution in [3.8, 4) is 0 Å². The quantitative estimate of drug-likeness (QED) is 0.0815. The molecule has 0 aliphatic heterocycles. The van der Waals surface area contributed by atoms with Crippen LogP contribution in [0.3, 0.4) is 0 Å². The zero-order valence-electron chi connectivity index (χ0n) is 22.1. The van der Waals surface area contributed by atoms with Crippen LogP contribution < -0.4 is 0 Å². The van der Waals surface area contributed by atoms with Crippen molar-refractivity contribution >= 4 is 7.82 Å². The summed E-state index contributed by atoms with van der Waals surface area (Å²) < 4.78 is 22.1. The van der Waals surface area contributed by atoms with Crippen LogP contribution in [0.1, 0.15) is 129 Å². The van der Waals surface area contributed by atoms with Crippen LogP contribution in [-0.2, 0) is 13.6 Å². The highest BCUT2D eigenvalue weighted by Crippen LogP contribution is 2.42. The number of phosphoric acid groups is 1. The predicted octanol–water partition coefficient (Wildman–Crippen LogP) is 8.26. The molecule has 0 aromatic heterocycles. The molecule has 0 fully saturated rings. The van der Waals surface area contributed by atoms with E-state index < -0.39 is 7.82 Å². The Morgan fingerprint density at radius 1 is 0.594 bits per heavy atom. The molecule has 0 aromatic carbocycles. The topological polar surface area (TPSA) is 55.8 Å². The molecule has 0 aliphatic rings. The average molecular weight is 479 g/mol. The summed E-state index contributed by atoms with van der Waals surface area (Å²) in [6.07, 6.45) is 25.1. The molecule has 0 spiro atoms. The Morgan fingerprint density at radius 3 is 1.34 bits per heavy atom. The Bertz CT molecular complexity index is 446. The Kier molecular flexibility index (Phi) is 21.6. The highest BCUT2D eigenvalue weighted by Gasteiger charge is 2.22. The third-order valence-corrected chi connectivity index (χ3v) is 7.45. The Morgan fingerprint density at radius 2 is 0.969 bits per heavy atom. The third-order valence-electron chi connectivity index (χ3n) is 6.36. The second-order valence-electron chi connectivity index (χ2n) is 10.1. The molecule has 0 saturated carbocycles. The Hall–Kier alpha value is 0.0700. The fourth-order valence-electron chi connectivity index (χ4n) is 4.16. The lowest BCUT2D eigenvalue weighted by atomic mass is 10.0. The minimum atomic E-state index is -3.85. The molecule has 0 radical (unpaired) electrons. The van der Waals surface area contributed by atoms with Gasteiger partial charge in [-0.25, -0.2) is 4.57 Å². The molecule has 0 aromatic rings. The van der Waals surface area contributed by atoms with Crippen molar-refractivity contribution in [1.29, 1.82) is 0 Å². The summed E-state index contributed by atoms with van der Waals surface area (Å²) in [4.78, 5) is 9.45. The van der Waals surface area contributed by atoms with E-state index in [-0.39, 0.29) is 13.2 Å². The van der Waals surface area contributed by atoms with Gasteiger partial charge in [-0.3, -0.25) is 9.05 Å². The van der Waals surface area contributed by atoms with Gasteiger partial charge in [0.25, 0.3) is 0 Å². The summed E-state index contributed by atoms with van der Waals surface area (Å²) in [5, 5.41) is 0. The van der Waals surface area contributed by atoms with Crippen molar-refractivity contribution in [2.45, 2.75) is 129 Å². The molecule has 0 aliphatic carbocycles. The van der Waals surface area contributed by atoms with Gasteiger partial charge in [0.2, 0.25) is 0 Å². The van der Waals surface area contributed by atoms with Crippen molar-refractivity contribution in [1.82, 2.24) is 0 Å². The van der Waals surface area contributed by atoms with Gasteiger partial charge in [-0.15, -0.1) is 0 Å². The highest BCUT2D eigenvalue weighted by atomic mass is 31.2. The second-order valence-corrected chi connectivity index (χ2v) is 11.6. The predicted molar refractivity (Wildman–Crippen MR) is 138 cm³/mol. The molecule has 0 heterocycles. The number of nitrogens with zero attached hydrogens (tertiary/aromatic N) is 1. The van der Waals surface area contributed by atoms with E-state index in [4.69, 9.17) is 9.05 Å². The van der Waals surface area contributed by atoms with Crippen molar-refractivity contribution < 1.29 is 23.0 Å². The van der Waals surface area contributed by atoms with Crippen LogP contribution in [0.4, 0.5) is 0 Å². The molecule has 0 saturated heterocycles. The van der Waals surface area contributed by atoms with E-state index in [0.29, 0.717) is 0 Å². The molecule has 6 heteroatoms. The summed E-state index contributed by atoms with van der Waals surface area (Å²) in [7, 11) is 0.451. The monoisotopic (exact) mass is 478 g/mol. The van der Waals surface area contributed by atoms with Gasteiger partial charge in [0, 0.05) is 0 Å². The van der Waals surface area contributed by atoms with Crippen LogP contribution in [0, 0.1) is 0 Å². The van der Waals surface area contributed by atoms with Gasteiger partial charge in [0.15, 0.2) is 0 Å². The first kappa shape index (κ1) is 32.1. The third kappa shape index (κ3) is 23.2. The van der Waals surface area contributed by atoms with E-state index in [9.17, 15) is 9.46 Å². The lowest BCUT2D eigenvalue weighted by molar-refractivity contribution is -0.890. The molecule has 0 amide bonds. The van der Waals surface area contributed by atoms with Crippen molar-refractivity contribution in [3.63, 3.8) is 0 Å². The fourth-order valence-corrected chi connectivity index (χ4v) is 4.87. The molecule has 5 nitrogen and oxygen atoms in total. The van der Waals surface area contributed by atoms with Gasteiger partial charge in [0.05, 0.1) is 27.2 Å². The fraction of sp³-hybridized carbons (Fsp3) is 1.00. The van der Waals surface area contributed by atoms with Crippen LogP contribution in [0.5, 0.6) is 0 Å². The number of rotatable bonds is 25. The number of hydrogen-bond donors (Lipinski definition) is 1. The highest BCUT2D eigenvalue weighted by molar-refractivity contribution is 7.47. The lowest BCUT2D eigenvalue weighted by Gasteiger charge is -2.29. The van der Waals surface area contributed by atoms with Gasteiger partial charge in [0.1, 0.15) is 13.2 Å². The van der Waals surface area contributed by atoms with Gasteiger partial charge in [-0.1, -0.05) is 110 Å². The second kappa shape index (κ2) is 21.6. The van der Waals surface area contributed by atoms with Crippen LogP contribution in [0.25, 0.3) is 0 Å². The number of hydrogen-bond acceptors (Lipinski definition) is 3. The van der Waals surface area contributed by atoms with E-state index in [0.717, 1.165) is 17.6 Å². The van der Waals surface area contributed by atoms with Gasteiger partial charge in [-0.05, 0) is 19.8 Å². The van der Waals surface area contributed by atoms with Gasteiger partial charge < -0.3 is 9.38 Å². The number of quaternary nitrogens is 1. The van der Waals surface area contributed by atoms with E-state index >= 15 is 0 Å². The first-order valence-electron chi connectivity index (χ1n) is 13.8. The summed E-state index contributed by atoms with van der Waals surface area (Å²) in [6, 6.07) is 0. The van der Waals surface area contributed by atoms with E-state index in [1.807, 2.05) is 0 Å². The van der Waals surface area contributed by atoms with E-state index in [2.05, 4.69) is 21.0 Å². The van der Waals surface area contributed by atoms with Crippen LogP contribution in [0.2, 0.25) is 0 Å². The van der Waals surface area contributed by atoms with Crippen molar-refractivity contribution in [3.05, 3.63) is 0 Å². The standard InChI is InChI=1S/C26H56NO4P/c1-5-7-8-9-10-11-12-13-14-15-16-17-18-19-20-21-22-23-24-27(3,4)25-26-31-32(28,29)30-6-2/h5-26H2,1-4H3/p+1. The normalized spacial score (nSPS) is 14.0. The minimum Gasteiger partial charge on any atom is -0.327 e. The molecule has 0 rings (SSSR count). The Balaban J connectivity index is 3.35. The molecule has 0 bridgehead atoms. The summed E-state index contributed by atoms with van der Waals surface area (Å²) in [5.74, 6) is 0. The Labute approximate surface area is 200 Å². The number of phosphoric ester groups is 1. The maximum absolute atomic E-state index is 11.5. The van der Waals surface area contributed by atoms with Gasteiger partial charge in [-0.2, -0.15) is 0 Å². The molecule has 1 atom stereocenters. The SMILES string of the molecule is CCCCCCCCCCCCCCCCCCCC[N+](C)(C)CCOP(=O)(O)OCC. The molecule has 194 valence electrons. The summed E-state index contributed by atoms with van der Waals surface area (Å²) in [5.41, 5.74) is 0. The zero-order valence-corrected chi connectivity index (χ0v) is 23.0. The maximum Gasteiger partial charge on any atom is 0.472 e. The summed E-state index contributed by atoms with van der Waals surface area (Å²) >= 11 is 0. The first-order valence-corrected chi connectivity index (χ1v) is 15.3. The zero-order chi connectivity index (χ0) is 24.0. The van der Waals surface area contributed by atoms with Crippen LogP contribution in [-0.4, -0.2) is 49.8 Å². The molecule has 1 N–H and O–H groups in total. The van der Waals surface area contributed by atoms with Crippen LogP contribution in [0.15, 0.2) is 0 Å². The van der Waals surface area contributed by atoms with Crippen LogP contribution >= 0.6 is 7.82 Å². The molecule has 1 unspecified atom stereocenters. The van der Waals surface area contributed by atoms with Crippen molar-refractivity contribution in [2.75, 3.05) is 40.4 Å². The maximum atomic E-state index is 11.5. The molecule has 32 heavy (non-hydrogen) atoms. The average Bonchev–Trinajstić information content (AvgIpc) is 2.72. The minimum absolute atomic E-state index is 0.186. The van der Waals surface area contributed by atoms with E-state index in [1.54, 1.807) is 6.92 Å². The number of unbranched alkanes of at least 4 members (excludes halogenated alkanes) is 17. The molecular formula is C26H57NO4P+. The smallest absolute Gasteiger partial charge is 0.327 e. The number of likely N-dealkylation sites (N-methyl/N-ethyl adjacent to an activating group) is 1. The van der Waals surface area contributed by atoms with Gasteiger partial charge >= 0.3 is 7.82 Å². The first-order chi connectivity index (χ1) is 15.3. The van der Waals surface area contributed by atoms with E-state index in [1.165, 1.54) is 116 Å². The van der Waals surface area contributed by atoms with Crippen molar-refractivity contribution in [2.24, 2.45) is 0 Å².